The molecule has 1 fully saturated rings. The number of ether oxygens (including phenoxy) is 2. The van der Waals surface area contributed by atoms with Gasteiger partial charge in [-0.25, -0.2) is 4.98 Å². The fourth-order valence-electron chi connectivity index (χ4n) is 3.93. The van der Waals surface area contributed by atoms with Crippen molar-refractivity contribution in [1.29, 1.82) is 0 Å². The van der Waals surface area contributed by atoms with E-state index in [1.54, 1.807) is 6.07 Å². The van der Waals surface area contributed by atoms with Gasteiger partial charge in [-0.05, 0) is 48.7 Å². The summed E-state index contributed by atoms with van der Waals surface area (Å²) in [5, 5.41) is 14.1. The molecule has 0 spiro atoms. The van der Waals surface area contributed by atoms with Crippen LogP contribution < -0.4 is 49.2 Å². The molecule has 3 heterocycles. The molecule has 1 saturated heterocycles. The number of aromatic nitrogens is 2. The third kappa shape index (κ3) is 4.73. The summed E-state index contributed by atoms with van der Waals surface area (Å²) in [6, 6.07) is 11.3. The molecule has 5 rings (SSSR count). The summed E-state index contributed by atoms with van der Waals surface area (Å²) >= 11 is 6.23. The van der Waals surface area contributed by atoms with Gasteiger partial charge in [0.2, 0.25) is 12.7 Å². The van der Waals surface area contributed by atoms with Crippen LogP contribution in [0.3, 0.4) is 0 Å². The molecule has 3 aromatic rings. The van der Waals surface area contributed by atoms with Crippen molar-refractivity contribution >= 4 is 40.2 Å². The van der Waals surface area contributed by atoms with E-state index in [0.717, 1.165) is 28.0 Å². The number of piperidine rings is 1. The van der Waals surface area contributed by atoms with E-state index >= 15 is 0 Å². The third-order valence-electron chi connectivity index (χ3n) is 5.67. The predicted molar refractivity (Wildman–Crippen MR) is 117 cm³/mol. The van der Waals surface area contributed by atoms with E-state index in [1.165, 1.54) is 0 Å². The van der Waals surface area contributed by atoms with Gasteiger partial charge in [0.15, 0.2) is 11.5 Å². The first-order chi connectivity index (χ1) is 15.1. The summed E-state index contributed by atoms with van der Waals surface area (Å²) in [6.45, 7) is 1.99. The van der Waals surface area contributed by atoms with Crippen molar-refractivity contribution in [2.75, 3.05) is 30.1 Å². The number of aliphatic carboxylic acids is 1. The molecule has 2 N–H and O–H groups in total. The van der Waals surface area contributed by atoms with Crippen LogP contribution >= 0.6 is 11.6 Å². The van der Waals surface area contributed by atoms with Crippen LogP contribution in [0.25, 0.3) is 10.9 Å². The molecule has 0 atom stereocenters. The number of hydrogen-bond donors (Lipinski definition) is 2. The number of fused-ring (bicyclic) bond motifs is 2. The Labute approximate surface area is 212 Å². The maximum Gasteiger partial charge on any atom is 1.00 e. The second-order valence-electron chi connectivity index (χ2n) is 7.67. The van der Waals surface area contributed by atoms with E-state index < -0.39 is 5.97 Å². The average molecular weight is 464 g/mol. The Bertz CT molecular complexity index is 1150. The van der Waals surface area contributed by atoms with Gasteiger partial charge in [-0.2, -0.15) is 4.98 Å². The molecule has 0 radical (unpaired) electrons. The monoisotopic (exact) mass is 463 g/mol. The molecule has 10 heteroatoms. The van der Waals surface area contributed by atoms with E-state index in [4.69, 9.17) is 31.0 Å². The molecule has 0 saturated carbocycles. The van der Waals surface area contributed by atoms with Crippen LogP contribution in [0.15, 0.2) is 36.4 Å². The first kappa shape index (κ1) is 22.9. The fraction of sp³-hybridized carbons (Fsp3) is 0.318. The molecule has 0 amide bonds. The Morgan fingerprint density at radius 2 is 1.91 bits per heavy atom. The first-order valence-electron chi connectivity index (χ1n) is 10.1. The number of carbonyl (C=O) groups is 1. The number of anilines is 2. The summed E-state index contributed by atoms with van der Waals surface area (Å²) in [5.41, 5.74) is 1.81. The summed E-state index contributed by atoms with van der Waals surface area (Å²) in [7, 11) is 0. The van der Waals surface area contributed by atoms with Crippen molar-refractivity contribution in [2.45, 2.75) is 19.4 Å². The molecule has 1 aromatic heterocycles. The number of carboxylic acids is 1. The molecular weight excluding hydrogens is 443 g/mol. The van der Waals surface area contributed by atoms with E-state index in [0.29, 0.717) is 49.3 Å². The van der Waals surface area contributed by atoms with Crippen molar-refractivity contribution < 1.29 is 48.9 Å². The zero-order valence-corrected chi connectivity index (χ0v) is 20.4. The van der Waals surface area contributed by atoms with Gasteiger partial charge in [0.1, 0.15) is 5.82 Å². The summed E-state index contributed by atoms with van der Waals surface area (Å²) in [5.74, 6) is 1.71. The molecule has 8 nitrogen and oxygen atoms in total. The standard InChI is InChI=1S/C22H21ClN4O4.Na/c23-15-2-3-17-16(10-15)20(24-11-13-1-4-18-19(9-13)31-12-30-18)26-22(25-17)27-7-5-14(6-8-27)21(28)29;/h1-4,9-10,14H,5-8,11-12H2,(H,28,29)(H,24,25,26);/q;+1. The van der Waals surface area contributed by atoms with Gasteiger partial charge in [0, 0.05) is 30.0 Å². The minimum absolute atomic E-state index is 0. The number of carboxylic acid groups (broad SMARTS) is 1. The van der Waals surface area contributed by atoms with Crippen molar-refractivity contribution in [2.24, 2.45) is 5.92 Å². The number of hydrogen-bond acceptors (Lipinski definition) is 7. The topological polar surface area (TPSA) is 96.8 Å². The number of nitrogens with one attached hydrogen (secondary N) is 1. The van der Waals surface area contributed by atoms with Gasteiger partial charge in [0.25, 0.3) is 0 Å². The Hall–Kier alpha value is -2.26. The fourth-order valence-corrected chi connectivity index (χ4v) is 4.10. The summed E-state index contributed by atoms with van der Waals surface area (Å²) in [6.07, 6.45) is 1.16. The van der Waals surface area contributed by atoms with E-state index in [2.05, 4.69) is 5.32 Å². The molecule has 160 valence electrons. The zero-order chi connectivity index (χ0) is 21.4. The Kier molecular flexibility index (Phi) is 6.95. The van der Waals surface area contributed by atoms with E-state index in [-0.39, 0.29) is 42.3 Å². The van der Waals surface area contributed by atoms with Crippen LogP contribution in [0.2, 0.25) is 5.02 Å². The first-order valence-corrected chi connectivity index (χ1v) is 10.5. The molecule has 2 aliphatic heterocycles. The predicted octanol–water partition coefficient (Wildman–Crippen LogP) is 0.929. The van der Waals surface area contributed by atoms with Gasteiger partial charge < -0.3 is 24.8 Å². The Morgan fingerprint density at radius 3 is 2.69 bits per heavy atom. The normalized spacial score (nSPS) is 15.5. The van der Waals surface area contributed by atoms with Crippen LogP contribution in [0.4, 0.5) is 11.8 Å². The van der Waals surface area contributed by atoms with Crippen molar-refractivity contribution in [3.05, 3.63) is 47.0 Å². The van der Waals surface area contributed by atoms with Crippen molar-refractivity contribution in [3.63, 3.8) is 0 Å². The third-order valence-corrected chi connectivity index (χ3v) is 5.91. The smallest absolute Gasteiger partial charge is 0.481 e. The second-order valence-corrected chi connectivity index (χ2v) is 8.11. The van der Waals surface area contributed by atoms with Gasteiger partial charge in [-0.3, -0.25) is 4.79 Å². The minimum atomic E-state index is -0.736. The van der Waals surface area contributed by atoms with E-state index in [9.17, 15) is 9.90 Å². The molecule has 0 aliphatic carbocycles. The average Bonchev–Trinajstić information content (AvgIpc) is 3.25. The second kappa shape index (κ2) is 9.70. The van der Waals surface area contributed by atoms with Gasteiger partial charge in [-0.15, -0.1) is 0 Å². The summed E-state index contributed by atoms with van der Waals surface area (Å²) in [4.78, 5) is 22.8. The molecule has 0 unspecified atom stereocenters. The van der Waals surface area contributed by atoms with Crippen molar-refractivity contribution in [3.8, 4) is 11.5 Å². The Morgan fingerprint density at radius 1 is 1.12 bits per heavy atom. The quantitative estimate of drug-likeness (QED) is 0.539. The number of benzene rings is 2. The van der Waals surface area contributed by atoms with Crippen LogP contribution in [0.1, 0.15) is 18.4 Å². The van der Waals surface area contributed by atoms with E-state index in [1.807, 2.05) is 35.2 Å². The number of nitrogens with zero attached hydrogens (tertiary/aromatic N) is 3. The maximum atomic E-state index is 11.3. The number of halogens is 1. The van der Waals surface area contributed by atoms with Crippen molar-refractivity contribution in [1.82, 2.24) is 9.97 Å². The SMILES string of the molecule is O=C(O)C1CCN(c2nc(NCc3ccc4c(c3)OCO4)c3cc(Cl)ccc3n2)CC1.[Na+]. The molecule has 0 bridgehead atoms. The van der Waals surface area contributed by atoms with Crippen LogP contribution in [-0.2, 0) is 11.3 Å². The molecular formula is C22H21ClN4NaO4+. The van der Waals surface area contributed by atoms with Gasteiger partial charge in [0.05, 0.1) is 11.4 Å². The van der Waals surface area contributed by atoms with Crippen LogP contribution in [-0.4, -0.2) is 40.9 Å². The van der Waals surface area contributed by atoms with Crippen LogP contribution in [0, 0.1) is 5.92 Å². The Balaban J connectivity index is 0.00000245. The van der Waals surface area contributed by atoms with Gasteiger partial charge in [-0.1, -0.05) is 17.7 Å². The molecule has 2 aliphatic rings. The molecule has 32 heavy (non-hydrogen) atoms. The minimum Gasteiger partial charge on any atom is -0.481 e. The van der Waals surface area contributed by atoms with Crippen LogP contribution in [0.5, 0.6) is 11.5 Å². The zero-order valence-electron chi connectivity index (χ0n) is 17.7. The summed E-state index contributed by atoms with van der Waals surface area (Å²) < 4.78 is 10.8. The largest absolute Gasteiger partial charge is 1.00 e. The number of rotatable bonds is 5. The molecule has 2 aromatic carbocycles. The van der Waals surface area contributed by atoms with Gasteiger partial charge >= 0.3 is 35.5 Å². The maximum absolute atomic E-state index is 11.3.